The van der Waals surface area contributed by atoms with Crippen molar-refractivity contribution in [1.29, 1.82) is 0 Å². The molecular formula is C27H28BrN3O4S. The minimum atomic E-state index is -0.420. The molecule has 0 saturated carbocycles. The molecule has 188 valence electrons. The van der Waals surface area contributed by atoms with E-state index >= 15 is 0 Å². The van der Waals surface area contributed by atoms with Crippen LogP contribution >= 0.6 is 28.1 Å². The van der Waals surface area contributed by atoms with Crippen LogP contribution in [-0.2, 0) is 6.61 Å². The monoisotopic (exact) mass is 569 g/mol. The number of carbonyl (C=O) groups is 2. The van der Waals surface area contributed by atoms with Crippen LogP contribution in [0.25, 0.3) is 0 Å². The van der Waals surface area contributed by atoms with E-state index in [-0.39, 0.29) is 5.11 Å². The number of amides is 2. The van der Waals surface area contributed by atoms with E-state index in [0.29, 0.717) is 46.2 Å². The summed E-state index contributed by atoms with van der Waals surface area (Å²) in [7, 11) is 0. The van der Waals surface area contributed by atoms with Gasteiger partial charge in [0.15, 0.2) is 5.11 Å². The van der Waals surface area contributed by atoms with Crippen LogP contribution in [0.4, 0.5) is 0 Å². The molecule has 0 bridgehead atoms. The zero-order valence-electron chi connectivity index (χ0n) is 20.0. The van der Waals surface area contributed by atoms with Crippen molar-refractivity contribution in [3.8, 4) is 11.5 Å². The Hall–Kier alpha value is -3.43. The van der Waals surface area contributed by atoms with E-state index in [1.165, 1.54) is 0 Å². The van der Waals surface area contributed by atoms with Gasteiger partial charge in [0.2, 0.25) is 0 Å². The molecule has 0 atom stereocenters. The number of ether oxygens (including phenoxy) is 2. The molecule has 0 spiro atoms. The number of rotatable bonds is 9. The van der Waals surface area contributed by atoms with E-state index in [4.69, 9.17) is 21.7 Å². The average molecular weight is 571 g/mol. The first-order chi connectivity index (χ1) is 17.3. The molecule has 0 unspecified atom stereocenters. The summed E-state index contributed by atoms with van der Waals surface area (Å²) < 4.78 is 12.1. The van der Waals surface area contributed by atoms with Gasteiger partial charge in [-0.25, -0.2) is 0 Å². The summed E-state index contributed by atoms with van der Waals surface area (Å²) in [5.74, 6) is 1.02. The molecule has 0 aliphatic rings. The van der Waals surface area contributed by atoms with Gasteiger partial charge in [-0.15, -0.1) is 0 Å². The number of hydrogen-bond acceptors (Lipinski definition) is 5. The summed E-state index contributed by atoms with van der Waals surface area (Å²) in [5, 5.41) is 2.50. The predicted octanol–water partition coefficient (Wildman–Crippen LogP) is 5.40. The predicted molar refractivity (Wildman–Crippen MR) is 147 cm³/mol. The Labute approximate surface area is 224 Å². The standard InChI is InChI=1S/C27H28BrN3O4S/c1-18(2)14-15-34-24-13-10-21(16-23(24)28)25(32)29-27(36)31-30-26(33)20-8-11-22(12-9-20)35-17-19-6-4-3-5-7-19/h3-13,16,18H,14-15,17H2,1-2H3,(H,30,33)(H2,29,31,32,36). The van der Waals surface area contributed by atoms with Crippen molar-refractivity contribution in [3.05, 3.63) is 94.0 Å². The van der Waals surface area contributed by atoms with Crippen molar-refractivity contribution < 1.29 is 19.1 Å². The SMILES string of the molecule is CC(C)CCOc1ccc(C(=O)NC(=S)NNC(=O)c2ccc(OCc3ccccc3)cc2)cc1Br. The maximum atomic E-state index is 12.5. The summed E-state index contributed by atoms with van der Waals surface area (Å²) >= 11 is 8.56. The molecule has 36 heavy (non-hydrogen) atoms. The molecule has 0 aliphatic heterocycles. The molecule has 0 fully saturated rings. The van der Waals surface area contributed by atoms with E-state index in [1.807, 2.05) is 30.3 Å². The fourth-order valence-electron chi connectivity index (χ4n) is 3.00. The normalized spacial score (nSPS) is 10.4. The fourth-order valence-corrected chi connectivity index (χ4v) is 3.64. The Morgan fingerprint density at radius 2 is 1.58 bits per heavy atom. The van der Waals surface area contributed by atoms with Gasteiger partial charge in [0.1, 0.15) is 18.1 Å². The van der Waals surface area contributed by atoms with Gasteiger partial charge in [-0.2, -0.15) is 0 Å². The first-order valence-corrected chi connectivity index (χ1v) is 12.6. The molecule has 2 amide bonds. The van der Waals surface area contributed by atoms with E-state index < -0.39 is 11.8 Å². The van der Waals surface area contributed by atoms with Crippen LogP contribution < -0.4 is 25.6 Å². The van der Waals surface area contributed by atoms with Gasteiger partial charge in [0.25, 0.3) is 11.8 Å². The van der Waals surface area contributed by atoms with Gasteiger partial charge >= 0.3 is 0 Å². The quantitative estimate of drug-likeness (QED) is 0.236. The van der Waals surface area contributed by atoms with Crippen molar-refractivity contribution in [2.75, 3.05) is 6.61 Å². The maximum Gasteiger partial charge on any atom is 0.269 e. The summed E-state index contributed by atoms with van der Waals surface area (Å²) in [6, 6.07) is 21.5. The number of nitrogens with one attached hydrogen (secondary N) is 3. The molecule has 0 radical (unpaired) electrons. The summed E-state index contributed by atoms with van der Waals surface area (Å²) in [4.78, 5) is 24.9. The Morgan fingerprint density at radius 1 is 0.889 bits per heavy atom. The molecule has 3 N–H and O–H groups in total. The van der Waals surface area contributed by atoms with Crippen LogP contribution in [0.1, 0.15) is 46.5 Å². The second-order valence-corrected chi connectivity index (χ2v) is 9.60. The molecule has 3 aromatic rings. The number of halogens is 1. The zero-order valence-corrected chi connectivity index (χ0v) is 22.4. The van der Waals surface area contributed by atoms with E-state index in [9.17, 15) is 9.59 Å². The Morgan fingerprint density at radius 3 is 2.25 bits per heavy atom. The first-order valence-electron chi connectivity index (χ1n) is 11.4. The zero-order chi connectivity index (χ0) is 25.9. The lowest BCUT2D eigenvalue weighted by molar-refractivity contribution is 0.0934. The highest BCUT2D eigenvalue weighted by Gasteiger charge is 2.12. The fraction of sp³-hybridized carbons (Fsp3) is 0.222. The maximum absolute atomic E-state index is 12.5. The van der Waals surface area contributed by atoms with Crippen molar-refractivity contribution in [2.45, 2.75) is 26.9 Å². The largest absolute Gasteiger partial charge is 0.492 e. The number of carbonyl (C=O) groups excluding carboxylic acids is 2. The number of thiocarbonyl (C=S) groups is 1. The highest BCUT2D eigenvalue weighted by atomic mass is 79.9. The van der Waals surface area contributed by atoms with E-state index in [0.717, 1.165) is 12.0 Å². The Balaban J connectivity index is 1.44. The van der Waals surface area contributed by atoms with Gasteiger partial charge in [0.05, 0.1) is 11.1 Å². The topological polar surface area (TPSA) is 88.7 Å². The van der Waals surface area contributed by atoms with Crippen molar-refractivity contribution in [1.82, 2.24) is 16.2 Å². The van der Waals surface area contributed by atoms with Gasteiger partial charge < -0.3 is 9.47 Å². The highest BCUT2D eigenvalue weighted by molar-refractivity contribution is 9.10. The lowest BCUT2D eigenvalue weighted by Crippen LogP contribution is -2.48. The van der Waals surface area contributed by atoms with Crippen LogP contribution in [0.2, 0.25) is 0 Å². The minimum Gasteiger partial charge on any atom is -0.492 e. The molecule has 7 nitrogen and oxygen atoms in total. The Kier molecular flexibility index (Phi) is 10.3. The molecule has 9 heteroatoms. The van der Waals surface area contributed by atoms with Crippen LogP contribution in [0.15, 0.2) is 77.3 Å². The first kappa shape index (κ1) is 27.2. The number of benzene rings is 3. The van der Waals surface area contributed by atoms with Crippen molar-refractivity contribution in [2.24, 2.45) is 5.92 Å². The van der Waals surface area contributed by atoms with E-state index in [2.05, 4.69) is 45.9 Å². The smallest absolute Gasteiger partial charge is 0.269 e. The van der Waals surface area contributed by atoms with Gasteiger partial charge in [-0.3, -0.25) is 25.8 Å². The molecule has 3 rings (SSSR count). The van der Waals surface area contributed by atoms with E-state index in [1.54, 1.807) is 42.5 Å². The third kappa shape index (κ3) is 8.66. The van der Waals surface area contributed by atoms with Crippen molar-refractivity contribution in [3.63, 3.8) is 0 Å². The van der Waals surface area contributed by atoms with Crippen LogP contribution in [0.5, 0.6) is 11.5 Å². The van der Waals surface area contributed by atoms with Gasteiger partial charge in [-0.05, 0) is 88.5 Å². The summed E-state index contributed by atoms with van der Waals surface area (Å²) in [5.41, 5.74) is 6.86. The summed E-state index contributed by atoms with van der Waals surface area (Å²) in [6.45, 7) is 5.29. The van der Waals surface area contributed by atoms with Gasteiger partial charge in [-0.1, -0.05) is 44.2 Å². The summed E-state index contributed by atoms with van der Waals surface area (Å²) in [6.07, 6.45) is 0.937. The molecule has 0 heterocycles. The number of hydrogen-bond donors (Lipinski definition) is 3. The second kappa shape index (κ2) is 13.6. The average Bonchev–Trinajstić information content (AvgIpc) is 2.87. The lowest BCUT2D eigenvalue weighted by Gasteiger charge is -2.13. The van der Waals surface area contributed by atoms with Crippen LogP contribution in [0.3, 0.4) is 0 Å². The number of hydrazine groups is 1. The molecule has 0 aromatic heterocycles. The Bertz CT molecular complexity index is 1190. The highest BCUT2D eigenvalue weighted by Crippen LogP contribution is 2.26. The molecule has 0 saturated heterocycles. The van der Waals surface area contributed by atoms with Crippen LogP contribution in [0, 0.1) is 5.92 Å². The minimum absolute atomic E-state index is 0.0375. The third-order valence-electron chi connectivity index (χ3n) is 5.03. The second-order valence-electron chi connectivity index (χ2n) is 8.34. The molecule has 0 aliphatic carbocycles. The molecular weight excluding hydrogens is 542 g/mol. The lowest BCUT2D eigenvalue weighted by atomic mass is 10.1. The van der Waals surface area contributed by atoms with Crippen molar-refractivity contribution >= 4 is 45.1 Å². The van der Waals surface area contributed by atoms with Gasteiger partial charge in [0, 0.05) is 11.1 Å². The molecule has 3 aromatic carbocycles. The van der Waals surface area contributed by atoms with Crippen LogP contribution in [-0.4, -0.2) is 23.5 Å². The third-order valence-corrected chi connectivity index (χ3v) is 5.85.